The summed E-state index contributed by atoms with van der Waals surface area (Å²) in [4.78, 5) is 12.1. The van der Waals surface area contributed by atoms with Crippen molar-refractivity contribution in [2.45, 2.75) is 27.2 Å². The normalized spacial score (nSPS) is 12.4. The Bertz CT molecular complexity index is 723. The van der Waals surface area contributed by atoms with E-state index in [1.54, 1.807) is 6.07 Å². The summed E-state index contributed by atoms with van der Waals surface area (Å²) in [6.07, 6.45) is 1.92. The van der Waals surface area contributed by atoms with Gasteiger partial charge in [0, 0.05) is 12.5 Å². The van der Waals surface area contributed by atoms with Crippen molar-refractivity contribution in [1.82, 2.24) is 0 Å². The molecule has 0 saturated heterocycles. The summed E-state index contributed by atoms with van der Waals surface area (Å²) in [5.74, 6) is 0.589. The average Bonchev–Trinajstić information content (AvgIpc) is 2.39. The molecule has 0 saturated carbocycles. The molecule has 98 valence electrons. The van der Waals surface area contributed by atoms with Gasteiger partial charge in [-0.1, -0.05) is 17.7 Å². The third kappa shape index (κ3) is 2.50. The van der Waals surface area contributed by atoms with Gasteiger partial charge < -0.3 is 9.83 Å². The average molecular weight is 255 g/mol. The fourth-order valence-electron chi connectivity index (χ4n) is 2.02. The smallest absolute Gasteiger partial charge is 0.193 e. The van der Waals surface area contributed by atoms with Gasteiger partial charge in [-0.05, 0) is 44.2 Å². The molecule has 0 fully saturated rings. The lowest BCUT2D eigenvalue weighted by atomic mass is 10.0. The SMILES string of the molecule is C/C(CC=N)=C(/C)c1cc(=O)c2cccc(C)c2o1. The number of nitrogens with one attached hydrogen (secondary N) is 1. The van der Waals surface area contributed by atoms with Crippen LogP contribution in [0.5, 0.6) is 0 Å². The lowest BCUT2D eigenvalue weighted by Gasteiger charge is -2.07. The highest BCUT2D eigenvalue weighted by molar-refractivity contribution is 5.81. The van der Waals surface area contributed by atoms with Gasteiger partial charge in [-0.3, -0.25) is 4.79 Å². The Morgan fingerprint density at radius 3 is 2.79 bits per heavy atom. The molecule has 0 amide bonds. The van der Waals surface area contributed by atoms with Crippen LogP contribution in [0.1, 0.15) is 31.6 Å². The van der Waals surface area contributed by atoms with E-state index in [4.69, 9.17) is 9.83 Å². The molecule has 3 nitrogen and oxygen atoms in total. The van der Waals surface area contributed by atoms with Crippen LogP contribution in [-0.4, -0.2) is 6.21 Å². The molecule has 0 aliphatic carbocycles. The monoisotopic (exact) mass is 255 g/mol. The van der Waals surface area contributed by atoms with Crippen LogP contribution in [0.15, 0.2) is 39.1 Å². The van der Waals surface area contributed by atoms with Crippen molar-refractivity contribution in [1.29, 1.82) is 5.41 Å². The zero-order chi connectivity index (χ0) is 14.0. The molecule has 0 atom stereocenters. The van der Waals surface area contributed by atoms with Crippen molar-refractivity contribution >= 4 is 22.8 Å². The summed E-state index contributed by atoms with van der Waals surface area (Å²) in [5.41, 5.74) is 3.53. The van der Waals surface area contributed by atoms with E-state index in [1.807, 2.05) is 32.9 Å². The first-order chi connectivity index (χ1) is 9.04. The summed E-state index contributed by atoms with van der Waals surface area (Å²) in [6, 6.07) is 7.10. The third-order valence-corrected chi connectivity index (χ3v) is 3.37. The largest absolute Gasteiger partial charge is 0.456 e. The van der Waals surface area contributed by atoms with Gasteiger partial charge in [0.15, 0.2) is 5.43 Å². The zero-order valence-electron chi connectivity index (χ0n) is 11.4. The van der Waals surface area contributed by atoms with Crippen LogP contribution in [0.3, 0.4) is 0 Å². The van der Waals surface area contributed by atoms with Crippen LogP contribution in [0.2, 0.25) is 0 Å². The number of allylic oxidation sites excluding steroid dienone is 2. The second-order valence-electron chi connectivity index (χ2n) is 4.74. The van der Waals surface area contributed by atoms with Gasteiger partial charge in [0.25, 0.3) is 0 Å². The molecule has 1 N–H and O–H groups in total. The first-order valence-electron chi connectivity index (χ1n) is 6.23. The van der Waals surface area contributed by atoms with E-state index in [2.05, 4.69) is 0 Å². The molecular weight excluding hydrogens is 238 g/mol. The maximum absolute atomic E-state index is 12.1. The number of aryl methyl sites for hydroxylation is 1. The fourth-order valence-corrected chi connectivity index (χ4v) is 2.02. The van der Waals surface area contributed by atoms with E-state index in [0.717, 1.165) is 16.7 Å². The Morgan fingerprint density at radius 2 is 2.11 bits per heavy atom. The number of hydrogen-bond acceptors (Lipinski definition) is 3. The molecule has 2 aromatic rings. The Hall–Kier alpha value is -2.16. The van der Waals surface area contributed by atoms with Crippen LogP contribution in [0, 0.1) is 12.3 Å². The van der Waals surface area contributed by atoms with E-state index in [0.29, 0.717) is 23.2 Å². The van der Waals surface area contributed by atoms with E-state index < -0.39 is 0 Å². The lowest BCUT2D eigenvalue weighted by Crippen LogP contribution is -2.02. The van der Waals surface area contributed by atoms with Gasteiger partial charge >= 0.3 is 0 Å². The highest BCUT2D eigenvalue weighted by Crippen LogP contribution is 2.23. The van der Waals surface area contributed by atoms with Crippen molar-refractivity contribution in [3.05, 3.63) is 51.4 Å². The van der Waals surface area contributed by atoms with Crippen LogP contribution in [0.25, 0.3) is 16.5 Å². The minimum absolute atomic E-state index is 0.0260. The van der Waals surface area contributed by atoms with Gasteiger partial charge in [0.2, 0.25) is 0 Å². The second kappa shape index (κ2) is 5.22. The van der Waals surface area contributed by atoms with Crippen LogP contribution in [-0.2, 0) is 0 Å². The number of fused-ring (bicyclic) bond motifs is 1. The van der Waals surface area contributed by atoms with Crippen molar-refractivity contribution in [2.24, 2.45) is 0 Å². The van der Waals surface area contributed by atoms with Crippen LogP contribution < -0.4 is 5.43 Å². The van der Waals surface area contributed by atoms with Crippen LogP contribution >= 0.6 is 0 Å². The minimum atomic E-state index is -0.0260. The molecule has 3 heteroatoms. The molecule has 0 aliphatic heterocycles. The maximum atomic E-state index is 12.1. The van der Waals surface area contributed by atoms with Gasteiger partial charge in [-0.25, -0.2) is 0 Å². The van der Waals surface area contributed by atoms with E-state index in [-0.39, 0.29) is 5.43 Å². The van der Waals surface area contributed by atoms with E-state index >= 15 is 0 Å². The van der Waals surface area contributed by atoms with E-state index in [1.165, 1.54) is 12.3 Å². The highest BCUT2D eigenvalue weighted by atomic mass is 16.3. The summed E-state index contributed by atoms with van der Waals surface area (Å²) < 4.78 is 5.87. The second-order valence-corrected chi connectivity index (χ2v) is 4.74. The Morgan fingerprint density at radius 1 is 1.37 bits per heavy atom. The fraction of sp³-hybridized carbons (Fsp3) is 0.250. The lowest BCUT2D eigenvalue weighted by molar-refractivity contribution is 0.582. The van der Waals surface area contributed by atoms with Crippen molar-refractivity contribution in [3.8, 4) is 0 Å². The summed E-state index contributed by atoms with van der Waals surface area (Å²) in [5, 5.41) is 7.76. The number of hydrogen-bond donors (Lipinski definition) is 1. The van der Waals surface area contributed by atoms with Crippen molar-refractivity contribution in [3.63, 3.8) is 0 Å². The van der Waals surface area contributed by atoms with Gasteiger partial charge in [0.05, 0.1) is 5.39 Å². The van der Waals surface area contributed by atoms with Gasteiger partial charge in [-0.2, -0.15) is 0 Å². The standard InChI is InChI=1S/C16H17NO2/c1-10(7-8-17)12(3)15-9-14(18)13-6-4-5-11(2)16(13)19-15/h4-6,8-9,17H,7H2,1-3H3/b12-10+,17-8?. The molecule has 0 aliphatic rings. The van der Waals surface area contributed by atoms with Gasteiger partial charge in [0.1, 0.15) is 11.3 Å². The first-order valence-corrected chi connectivity index (χ1v) is 6.23. The Labute approximate surface area is 112 Å². The molecule has 19 heavy (non-hydrogen) atoms. The maximum Gasteiger partial charge on any atom is 0.193 e. The molecule has 0 radical (unpaired) electrons. The van der Waals surface area contributed by atoms with Crippen molar-refractivity contribution < 1.29 is 4.42 Å². The first kappa shape index (κ1) is 13.3. The van der Waals surface area contributed by atoms with Crippen LogP contribution in [0.4, 0.5) is 0 Å². The Balaban J connectivity index is 2.71. The summed E-state index contributed by atoms with van der Waals surface area (Å²) >= 11 is 0. The number of para-hydroxylation sites is 1. The molecule has 0 unspecified atom stereocenters. The topological polar surface area (TPSA) is 54.1 Å². The molecule has 1 aromatic carbocycles. The number of benzene rings is 1. The predicted octanol–water partition coefficient (Wildman–Crippen LogP) is 3.93. The predicted molar refractivity (Wildman–Crippen MR) is 78.9 cm³/mol. The molecule has 0 spiro atoms. The Kier molecular flexibility index (Phi) is 3.65. The van der Waals surface area contributed by atoms with Crippen molar-refractivity contribution in [2.75, 3.05) is 0 Å². The quantitative estimate of drug-likeness (QED) is 0.845. The molecular formula is C16H17NO2. The summed E-state index contributed by atoms with van der Waals surface area (Å²) in [6.45, 7) is 5.79. The third-order valence-electron chi connectivity index (χ3n) is 3.37. The summed E-state index contributed by atoms with van der Waals surface area (Å²) in [7, 11) is 0. The highest BCUT2D eigenvalue weighted by Gasteiger charge is 2.09. The number of rotatable bonds is 3. The minimum Gasteiger partial charge on any atom is -0.456 e. The van der Waals surface area contributed by atoms with E-state index in [9.17, 15) is 4.79 Å². The molecule has 2 rings (SSSR count). The molecule has 0 bridgehead atoms. The van der Waals surface area contributed by atoms with Gasteiger partial charge in [-0.15, -0.1) is 0 Å². The zero-order valence-corrected chi connectivity index (χ0v) is 11.4. The molecule has 1 aromatic heterocycles. The molecule has 1 heterocycles.